The second-order valence-corrected chi connectivity index (χ2v) is 4.08. The zero-order chi connectivity index (χ0) is 15.8. The fourth-order valence-corrected chi connectivity index (χ4v) is 1.77. The monoisotopic (exact) mass is 303 g/mol. The van der Waals surface area contributed by atoms with Gasteiger partial charge >= 0.3 is 12.1 Å². The Kier molecular flexibility index (Phi) is 3.71. The van der Waals surface area contributed by atoms with Crippen LogP contribution in [0.2, 0.25) is 0 Å². The predicted molar refractivity (Wildman–Crippen MR) is 63.0 cm³/mol. The summed E-state index contributed by atoms with van der Waals surface area (Å²) in [7, 11) is 1.08. The van der Waals surface area contributed by atoms with E-state index in [-0.39, 0.29) is 11.5 Å². The normalized spacial score (nSPS) is 11.5. The van der Waals surface area contributed by atoms with E-state index in [1.54, 1.807) is 0 Å². The first-order chi connectivity index (χ1) is 9.75. The molecule has 0 radical (unpaired) electrons. The molecule has 8 heteroatoms. The van der Waals surface area contributed by atoms with E-state index in [1.807, 2.05) is 0 Å². The molecule has 0 aliphatic carbocycles. The summed E-state index contributed by atoms with van der Waals surface area (Å²) in [4.78, 5) is 15.0. The van der Waals surface area contributed by atoms with Crippen LogP contribution in [0.1, 0.15) is 21.8 Å². The van der Waals surface area contributed by atoms with E-state index in [1.165, 1.54) is 6.92 Å². The molecule has 21 heavy (non-hydrogen) atoms. The maximum atomic E-state index is 13.8. The van der Waals surface area contributed by atoms with Crippen LogP contribution in [0.4, 0.5) is 17.6 Å². The lowest BCUT2D eigenvalue weighted by molar-refractivity contribution is -0.137. The number of carbonyl (C=O) groups excluding carboxylic acids is 1. The zero-order valence-corrected chi connectivity index (χ0v) is 10.9. The first-order valence-corrected chi connectivity index (χ1v) is 5.67. The van der Waals surface area contributed by atoms with Gasteiger partial charge in [-0.2, -0.15) is 13.2 Å². The Morgan fingerprint density at radius 1 is 1.33 bits per heavy atom. The van der Waals surface area contributed by atoms with E-state index < -0.39 is 35.0 Å². The summed E-state index contributed by atoms with van der Waals surface area (Å²) in [6.07, 6.45) is -4.79. The van der Waals surface area contributed by atoms with Gasteiger partial charge in [-0.15, -0.1) is 0 Å². The van der Waals surface area contributed by atoms with Gasteiger partial charge in [0.25, 0.3) is 0 Å². The number of hydrogen-bond acceptors (Lipinski definition) is 4. The van der Waals surface area contributed by atoms with Crippen LogP contribution in [0, 0.1) is 12.7 Å². The van der Waals surface area contributed by atoms with Gasteiger partial charge in [-0.25, -0.2) is 14.2 Å². The number of esters is 1. The molecule has 112 valence electrons. The minimum atomic E-state index is -4.79. The van der Waals surface area contributed by atoms with Crippen LogP contribution < -0.4 is 0 Å². The Morgan fingerprint density at radius 3 is 2.57 bits per heavy atom. The molecule has 0 atom stereocenters. The van der Waals surface area contributed by atoms with Crippen molar-refractivity contribution in [2.75, 3.05) is 7.11 Å². The van der Waals surface area contributed by atoms with Gasteiger partial charge in [0.15, 0.2) is 5.69 Å². The number of hydrogen-bond donors (Lipinski definition) is 0. The van der Waals surface area contributed by atoms with Crippen molar-refractivity contribution >= 4 is 5.97 Å². The van der Waals surface area contributed by atoms with Crippen molar-refractivity contribution in [2.45, 2.75) is 13.1 Å². The van der Waals surface area contributed by atoms with Crippen LogP contribution in [-0.2, 0) is 10.9 Å². The minimum Gasteiger partial charge on any atom is -0.464 e. The SMILES string of the molecule is COC(=O)c1nc(-c2c(F)cccc2C(F)(F)F)oc1C. The fourth-order valence-electron chi connectivity index (χ4n) is 1.77. The third-order valence-electron chi connectivity index (χ3n) is 2.71. The molecule has 1 heterocycles. The number of ether oxygens (including phenoxy) is 1. The Balaban J connectivity index is 2.65. The molecular weight excluding hydrogens is 294 g/mol. The smallest absolute Gasteiger partial charge is 0.417 e. The first kappa shape index (κ1) is 15.0. The predicted octanol–water partition coefficient (Wildman–Crippen LogP) is 3.59. The first-order valence-electron chi connectivity index (χ1n) is 5.67. The second-order valence-electron chi connectivity index (χ2n) is 4.08. The Morgan fingerprint density at radius 2 is 2.00 bits per heavy atom. The van der Waals surface area contributed by atoms with Crippen molar-refractivity contribution < 1.29 is 31.5 Å². The van der Waals surface area contributed by atoms with Crippen molar-refractivity contribution in [2.24, 2.45) is 0 Å². The third kappa shape index (κ3) is 2.74. The standard InChI is InChI=1S/C13H9F4NO3/c1-6-10(12(19)20-2)18-11(21-6)9-7(13(15,16)17)4-3-5-8(9)14/h3-5H,1-2H3. The van der Waals surface area contributed by atoms with Crippen molar-refractivity contribution in [1.29, 1.82) is 0 Å². The van der Waals surface area contributed by atoms with Crippen LogP contribution in [0.5, 0.6) is 0 Å². The molecule has 1 aromatic carbocycles. The number of carbonyl (C=O) groups is 1. The van der Waals surface area contributed by atoms with Gasteiger partial charge in [0.1, 0.15) is 11.6 Å². The molecule has 0 saturated carbocycles. The van der Waals surface area contributed by atoms with Gasteiger partial charge in [0.05, 0.1) is 18.2 Å². The molecule has 0 aliphatic heterocycles. The Labute approximate surface area is 116 Å². The largest absolute Gasteiger partial charge is 0.464 e. The molecule has 0 aliphatic rings. The highest BCUT2D eigenvalue weighted by Gasteiger charge is 2.37. The van der Waals surface area contributed by atoms with Gasteiger partial charge < -0.3 is 9.15 Å². The average molecular weight is 303 g/mol. The van der Waals surface area contributed by atoms with Gasteiger partial charge in [-0.3, -0.25) is 0 Å². The molecule has 0 amide bonds. The highest BCUT2D eigenvalue weighted by Crippen LogP contribution is 2.38. The van der Waals surface area contributed by atoms with Gasteiger partial charge in [-0.1, -0.05) is 6.07 Å². The zero-order valence-electron chi connectivity index (χ0n) is 10.9. The van der Waals surface area contributed by atoms with Gasteiger partial charge in [0, 0.05) is 0 Å². The number of alkyl halides is 3. The number of rotatable bonds is 2. The minimum absolute atomic E-state index is 0.0618. The number of oxazole rings is 1. The summed E-state index contributed by atoms with van der Waals surface area (Å²) >= 11 is 0. The van der Waals surface area contributed by atoms with E-state index in [4.69, 9.17) is 4.42 Å². The summed E-state index contributed by atoms with van der Waals surface area (Å²) in [5.74, 6) is -2.72. The second kappa shape index (κ2) is 5.19. The molecule has 0 fully saturated rings. The quantitative estimate of drug-likeness (QED) is 0.628. The Bertz CT molecular complexity index is 691. The molecule has 1 aromatic heterocycles. The number of benzene rings is 1. The van der Waals surface area contributed by atoms with Crippen LogP contribution in [0.3, 0.4) is 0 Å². The van der Waals surface area contributed by atoms with E-state index in [0.717, 1.165) is 19.2 Å². The van der Waals surface area contributed by atoms with Gasteiger partial charge in [-0.05, 0) is 19.1 Å². The molecule has 2 rings (SSSR count). The molecule has 2 aromatic rings. The number of aromatic nitrogens is 1. The molecule has 0 N–H and O–H groups in total. The summed E-state index contributed by atoms with van der Waals surface area (Å²) in [6.45, 7) is 1.32. The van der Waals surface area contributed by atoms with Crippen LogP contribution in [0.15, 0.2) is 22.6 Å². The lowest BCUT2D eigenvalue weighted by Crippen LogP contribution is -2.09. The van der Waals surface area contributed by atoms with Crippen LogP contribution in [-0.4, -0.2) is 18.1 Å². The van der Waals surface area contributed by atoms with E-state index in [0.29, 0.717) is 6.07 Å². The van der Waals surface area contributed by atoms with Crippen LogP contribution >= 0.6 is 0 Å². The van der Waals surface area contributed by atoms with E-state index >= 15 is 0 Å². The molecule has 4 nitrogen and oxygen atoms in total. The van der Waals surface area contributed by atoms with Crippen molar-refractivity contribution in [3.05, 3.63) is 41.0 Å². The van der Waals surface area contributed by atoms with E-state index in [9.17, 15) is 22.4 Å². The van der Waals surface area contributed by atoms with Crippen molar-refractivity contribution in [3.8, 4) is 11.5 Å². The van der Waals surface area contributed by atoms with Crippen molar-refractivity contribution in [1.82, 2.24) is 4.98 Å². The van der Waals surface area contributed by atoms with Crippen LogP contribution in [0.25, 0.3) is 11.5 Å². The van der Waals surface area contributed by atoms with E-state index in [2.05, 4.69) is 9.72 Å². The molecule has 0 bridgehead atoms. The molecule has 0 spiro atoms. The highest BCUT2D eigenvalue weighted by atomic mass is 19.4. The van der Waals surface area contributed by atoms with Gasteiger partial charge in [0.2, 0.25) is 5.89 Å². The third-order valence-corrected chi connectivity index (χ3v) is 2.71. The summed E-state index contributed by atoms with van der Waals surface area (Å²) < 4.78 is 61.9. The number of nitrogens with zero attached hydrogens (tertiary/aromatic N) is 1. The molecule has 0 saturated heterocycles. The lowest BCUT2D eigenvalue weighted by atomic mass is 10.1. The average Bonchev–Trinajstić information content (AvgIpc) is 2.78. The molecule has 0 unspecified atom stereocenters. The number of aryl methyl sites for hydroxylation is 1. The lowest BCUT2D eigenvalue weighted by Gasteiger charge is -2.10. The van der Waals surface area contributed by atoms with Crippen molar-refractivity contribution in [3.63, 3.8) is 0 Å². The topological polar surface area (TPSA) is 52.3 Å². The number of methoxy groups -OCH3 is 1. The summed E-state index contributed by atoms with van der Waals surface area (Å²) in [5, 5.41) is 0. The highest BCUT2D eigenvalue weighted by molar-refractivity contribution is 5.88. The maximum absolute atomic E-state index is 13.8. The Hall–Kier alpha value is -2.38. The summed E-state index contributed by atoms with van der Waals surface area (Å²) in [5.41, 5.74) is -2.38. The fraction of sp³-hybridized carbons (Fsp3) is 0.231. The molecular formula is C13H9F4NO3. The number of halogens is 4. The summed E-state index contributed by atoms with van der Waals surface area (Å²) in [6, 6.07) is 2.48. The maximum Gasteiger partial charge on any atom is 0.417 e.